The second-order valence-corrected chi connectivity index (χ2v) is 3.42. The predicted octanol–water partition coefficient (Wildman–Crippen LogP) is 0.0698. The minimum atomic E-state index is -0.0641. The van der Waals surface area contributed by atoms with Gasteiger partial charge in [-0.2, -0.15) is 0 Å². The molecule has 0 aromatic carbocycles. The molecule has 2 rings (SSSR count). The Morgan fingerprint density at radius 1 is 1.50 bits per heavy atom. The van der Waals surface area contributed by atoms with Gasteiger partial charge in [0.15, 0.2) is 0 Å². The van der Waals surface area contributed by atoms with Gasteiger partial charge in [0, 0.05) is 25.5 Å². The molecule has 14 heavy (non-hydrogen) atoms. The number of aromatic nitrogens is 1. The molecule has 76 valence electrons. The van der Waals surface area contributed by atoms with Gasteiger partial charge in [0.1, 0.15) is 0 Å². The van der Waals surface area contributed by atoms with Crippen LogP contribution in [0.2, 0.25) is 0 Å². The predicted molar refractivity (Wildman–Crippen MR) is 53.8 cm³/mol. The summed E-state index contributed by atoms with van der Waals surface area (Å²) in [6.45, 7) is 2.48. The van der Waals surface area contributed by atoms with Gasteiger partial charge in [-0.05, 0) is 17.7 Å². The molecule has 2 atom stereocenters. The molecular formula is C10H15N3O. The van der Waals surface area contributed by atoms with Crippen LogP contribution in [0.5, 0.6) is 0 Å². The van der Waals surface area contributed by atoms with Crippen LogP contribution in [-0.2, 0) is 4.74 Å². The first-order chi connectivity index (χ1) is 6.88. The third-order valence-corrected chi connectivity index (χ3v) is 2.45. The molecule has 2 heterocycles. The number of ether oxygens (including phenoxy) is 1. The van der Waals surface area contributed by atoms with Crippen molar-refractivity contribution in [3.8, 4) is 0 Å². The van der Waals surface area contributed by atoms with Crippen molar-refractivity contribution >= 4 is 0 Å². The number of rotatable bonds is 2. The number of pyridine rings is 1. The first-order valence-electron chi connectivity index (χ1n) is 4.86. The summed E-state index contributed by atoms with van der Waals surface area (Å²) in [5, 5.41) is 3.26. The lowest BCUT2D eigenvalue weighted by atomic mass is 10.0. The van der Waals surface area contributed by atoms with E-state index in [1.165, 1.54) is 0 Å². The number of nitrogens with two attached hydrogens (primary N) is 1. The Balaban J connectivity index is 2.03. The van der Waals surface area contributed by atoms with Gasteiger partial charge in [-0.15, -0.1) is 0 Å². The number of hydrogen-bond acceptors (Lipinski definition) is 4. The zero-order valence-electron chi connectivity index (χ0n) is 8.02. The molecule has 0 spiro atoms. The fourth-order valence-electron chi connectivity index (χ4n) is 1.62. The van der Waals surface area contributed by atoms with Crippen molar-refractivity contribution in [1.29, 1.82) is 0 Å². The summed E-state index contributed by atoms with van der Waals surface area (Å²) < 4.78 is 5.59. The van der Waals surface area contributed by atoms with E-state index in [0.717, 1.165) is 25.3 Å². The number of hydrogen-bond donors (Lipinski definition) is 2. The molecule has 1 aliphatic rings. The fraction of sp³-hybridized carbons (Fsp3) is 0.500. The first kappa shape index (κ1) is 9.58. The van der Waals surface area contributed by atoms with Crippen LogP contribution in [-0.4, -0.2) is 30.8 Å². The van der Waals surface area contributed by atoms with Crippen LogP contribution in [0.25, 0.3) is 0 Å². The zero-order valence-corrected chi connectivity index (χ0v) is 8.02. The molecule has 2 unspecified atom stereocenters. The minimum Gasteiger partial charge on any atom is -0.374 e. The van der Waals surface area contributed by atoms with Gasteiger partial charge < -0.3 is 15.8 Å². The lowest BCUT2D eigenvalue weighted by Crippen LogP contribution is -2.44. The molecule has 4 heteroatoms. The molecule has 0 bridgehead atoms. The average Bonchev–Trinajstić information content (AvgIpc) is 2.30. The molecule has 4 nitrogen and oxygen atoms in total. The van der Waals surface area contributed by atoms with E-state index in [9.17, 15) is 0 Å². The van der Waals surface area contributed by atoms with E-state index in [0.29, 0.717) is 0 Å². The van der Waals surface area contributed by atoms with Gasteiger partial charge in [-0.1, -0.05) is 0 Å². The van der Waals surface area contributed by atoms with E-state index >= 15 is 0 Å². The smallest absolute Gasteiger partial charge is 0.0892 e. The van der Waals surface area contributed by atoms with Crippen molar-refractivity contribution in [3.63, 3.8) is 0 Å². The average molecular weight is 193 g/mol. The lowest BCUT2D eigenvalue weighted by molar-refractivity contribution is 0.0122. The van der Waals surface area contributed by atoms with Crippen LogP contribution >= 0.6 is 0 Å². The Hall–Kier alpha value is -0.970. The summed E-state index contributed by atoms with van der Waals surface area (Å²) >= 11 is 0. The standard InChI is InChI=1S/C10H15N3O/c11-10(8-1-3-12-4-2-8)9-7-13-5-6-14-9/h1-4,9-10,13H,5-7,11H2. The highest BCUT2D eigenvalue weighted by Crippen LogP contribution is 2.16. The summed E-state index contributed by atoms with van der Waals surface area (Å²) in [4.78, 5) is 3.96. The second kappa shape index (κ2) is 4.50. The van der Waals surface area contributed by atoms with Crippen LogP contribution in [0, 0.1) is 0 Å². The van der Waals surface area contributed by atoms with Gasteiger partial charge in [-0.25, -0.2) is 0 Å². The van der Waals surface area contributed by atoms with Crippen molar-refractivity contribution in [2.45, 2.75) is 12.1 Å². The summed E-state index contributed by atoms with van der Waals surface area (Å²) in [5.74, 6) is 0. The van der Waals surface area contributed by atoms with E-state index in [-0.39, 0.29) is 12.1 Å². The summed E-state index contributed by atoms with van der Waals surface area (Å²) in [5.41, 5.74) is 7.15. The molecule has 0 radical (unpaired) electrons. The third-order valence-electron chi connectivity index (χ3n) is 2.45. The van der Waals surface area contributed by atoms with E-state index in [1.54, 1.807) is 12.4 Å². The number of morpholine rings is 1. The molecule has 0 saturated carbocycles. The topological polar surface area (TPSA) is 60.2 Å². The van der Waals surface area contributed by atoms with E-state index in [2.05, 4.69) is 10.3 Å². The SMILES string of the molecule is NC(c1ccncc1)C1CNCCO1. The molecule has 1 aliphatic heterocycles. The summed E-state index contributed by atoms with van der Waals surface area (Å²) in [6, 6.07) is 3.80. The largest absolute Gasteiger partial charge is 0.374 e. The quantitative estimate of drug-likeness (QED) is 0.698. The van der Waals surface area contributed by atoms with E-state index < -0.39 is 0 Å². The molecule has 3 N–H and O–H groups in total. The highest BCUT2D eigenvalue weighted by atomic mass is 16.5. The lowest BCUT2D eigenvalue weighted by Gasteiger charge is -2.28. The molecule has 1 aromatic rings. The Morgan fingerprint density at radius 2 is 2.29 bits per heavy atom. The normalized spacial score (nSPS) is 24.5. The van der Waals surface area contributed by atoms with E-state index in [1.807, 2.05) is 12.1 Å². The molecule has 1 aromatic heterocycles. The Kier molecular flexibility index (Phi) is 3.08. The van der Waals surface area contributed by atoms with Crippen LogP contribution < -0.4 is 11.1 Å². The zero-order chi connectivity index (χ0) is 9.80. The maximum atomic E-state index is 6.08. The Bertz CT molecular complexity index is 272. The Morgan fingerprint density at radius 3 is 2.93 bits per heavy atom. The maximum absolute atomic E-state index is 6.08. The third kappa shape index (κ3) is 2.09. The van der Waals surface area contributed by atoms with Crippen molar-refractivity contribution in [3.05, 3.63) is 30.1 Å². The molecule has 1 saturated heterocycles. The monoisotopic (exact) mass is 193 g/mol. The molecule has 0 aliphatic carbocycles. The fourth-order valence-corrected chi connectivity index (χ4v) is 1.62. The van der Waals surface area contributed by atoms with Crippen LogP contribution in [0.3, 0.4) is 0 Å². The van der Waals surface area contributed by atoms with Gasteiger partial charge in [0.05, 0.1) is 18.8 Å². The molecule has 1 fully saturated rings. The highest BCUT2D eigenvalue weighted by Gasteiger charge is 2.22. The summed E-state index contributed by atoms with van der Waals surface area (Å²) in [6.07, 6.45) is 3.59. The van der Waals surface area contributed by atoms with Gasteiger partial charge >= 0.3 is 0 Å². The van der Waals surface area contributed by atoms with Crippen LogP contribution in [0.1, 0.15) is 11.6 Å². The highest BCUT2D eigenvalue weighted by molar-refractivity contribution is 5.16. The van der Waals surface area contributed by atoms with Crippen molar-refractivity contribution in [2.75, 3.05) is 19.7 Å². The first-order valence-corrected chi connectivity index (χ1v) is 4.86. The second-order valence-electron chi connectivity index (χ2n) is 3.42. The van der Waals surface area contributed by atoms with Crippen molar-refractivity contribution in [1.82, 2.24) is 10.3 Å². The summed E-state index contributed by atoms with van der Waals surface area (Å²) in [7, 11) is 0. The Labute approximate surface area is 83.5 Å². The van der Waals surface area contributed by atoms with Gasteiger partial charge in [0.2, 0.25) is 0 Å². The number of nitrogens with one attached hydrogen (secondary N) is 1. The van der Waals surface area contributed by atoms with Gasteiger partial charge in [-0.3, -0.25) is 4.98 Å². The van der Waals surface area contributed by atoms with Crippen LogP contribution in [0.4, 0.5) is 0 Å². The number of nitrogens with zero attached hydrogens (tertiary/aromatic N) is 1. The van der Waals surface area contributed by atoms with Crippen LogP contribution in [0.15, 0.2) is 24.5 Å². The molecule has 0 amide bonds. The van der Waals surface area contributed by atoms with Crippen molar-refractivity contribution in [2.24, 2.45) is 5.73 Å². The minimum absolute atomic E-state index is 0.0641. The van der Waals surface area contributed by atoms with Crippen molar-refractivity contribution < 1.29 is 4.74 Å². The maximum Gasteiger partial charge on any atom is 0.0892 e. The van der Waals surface area contributed by atoms with Gasteiger partial charge in [0.25, 0.3) is 0 Å². The molecular weight excluding hydrogens is 178 g/mol. The van der Waals surface area contributed by atoms with E-state index in [4.69, 9.17) is 10.5 Å².